The number of amides is 1. The van der Waals surface area contributed by atoms with E-state index >= 15 is 0 Å². The molecule has 1 amide bonds. The lowest BCUT2D eigenvalue weighted by Gasteiger charge is -2.25. The number of aryl methyl sites for hydroxylation is 1. The van der Waals surface area contributed by atoms with Crippen LogP contribution in [0.1, 0.15) is 56.0 Å². The Balaban J connectivity index is 2.19. The second-order valence-corrected chi connectivity index (χ2v) is 9.27. The van der Waals surface area contributed by atoms with E-state index in [4.69, 9.17) is 9.47 Å². The molecule has 0 aliphatic carbocycles. The van der Waals surface area contributed by atoms with E-state index in [2.05, 4.69) is 20.8 Å². The van der Waals surface area contributed by atoms with E-state index in [1.54, 1.807) is 19.2 Å². The van der Waals surface area contributed by atoms with Crippen LogP contribution in [0.15, 0.2) is 48.0 Å². The van der Waals surface area contributed by atoms with Crippen molar-refractivity contribution in [1.29, 1.82) is 0 Å². The van der Waals surface area contributed by atoms with Crippen LogP contribution in [0, 0.1) is 6.92 Å². The predicted molar refractivity (Wildman–Crippen MR) is 128 cm³/mol. The zero-order chi connectivity index (χ0) is 24.3. The average Bonchev–Trinajstić information content (AvgIpc) is 3.02. The van der Waals surface area contributed by atoms with E-state index < -0.39 is 17.7 Å². The van der Waals surface area contributed by atoms with Crippen molar-refractivity contribution in [2.24, 2.45) is 0 Å². The number of nitrogens with zero attached hydrogens (tertiary/aromatic N) is 1. The summed E-state index contributed by atoms with van der Waals surface area (Å²) in [5.74, 6) is -0.792. The van der Waals surface area contributed by atoms with Crippen LogP contribution in [0.2, 0.25) is 0 Å². The number of ketones is 1. The van der Waals surface area contributed by atoms with Gasteiger partial charge in [-0.25, -0.2) is 0 Å². The SMILES string of the molecule is CCOc1ccc(C2/C(=C(\O)c3cc(C(C)(C)C)ccc3C)C(=O)C(=O)N2CCOC)cc1. The minimum absolute atomic E-state index is 0.0921. The first-order chi connectivity index (χ1) is 15.6. The Morgan fingerprint density at radius 2 is 1.76 bits per heavy atom. The summed E-state index contributed by atoms with van der Waals surface area (Å²) >= 11 is 0. The van der Waals surface area contributed by atoms with Gasteiger partial charge in [-0.1, -0.05) is 45.0 Å². The summed E-state index contributed by atoms with van der Waals surface area (Å²) in [6.07, 6.45) is 0. The molecule has 1 aliphatic rings. The van der Waals surface area contributed by atoms with Gasteiger partial charge >= 0.3 is 0 Å². The lowest BCUT2D eigenvalue weighted by atomic mass is 9.84. The Labute approximate surface area is 195 Å². The molecule has 2 aromatic rings. The van der Waals surface area contributed by atoms with Crippen molar-refractivity contribution < 1.29 is 24.2 Å². The van der Waals surface area contributed by atoms with Crippen molar-refractivity contribution in [3.8, 4) is 5.75 Å². The molecule has 0 bridgehead atoms. The monoisotopic (exact) mass is 451 g/mol. The third-order valence-corrected chi connectivity index (χ3v) is 5.94. The Hall–Kier alpha value is -3.12. The topological polar surface area (TPSA) is 76.1 Å². The van der Waals surface area contributed by atoms with E-state index in [1.807, 2.05) is 44.2 Å². The molecule has 1 fully saturated rings. The van der Waals surface area contributed by atoms with Crippen molar-refractivity contribution >= 4 is 17.4 Å². The van der Waals surface area contributed by atoms with Crippen molar-refractivity contribution in [3.63, 3.8) is 0 Å². The van der Waals surface area contributed by atoms with Gasteiger partial charge < -0.3 is 19.5 Å². The molecule has 33 heavy (non-hydrogen) atoms. The van der Waals surface area contributed by atoms with Crippen LogP contribution in [0.25, 0.3) is 5.76 Å². The number of rotatable bonds is 7. The zero-order valence-electron chi connectivity index (χ0n) is 20.3. The second kappa shape index (κ2) is 9.79. The Morgan fingerprint density at radius 1 is 1.09 bits per heavy atom. The Kier molecular flexibility index (Phi) is 7.28. The normalized spacial score (nSPS) is 18.1. The largest absolute Gasteiger partial charge is 0.507 e. The summed E-state index contributed by atoms with van der Waals surface area (Å²) in [7, 11) is 1.55. The van der Waals surface area contributed by atoms with Gasteiger partial charge in [-0.3, -0.25) is 9.59 Å². The van der Waals surface area contributed by atoms with Crippen molar-refractivity contribution in [3.05, 3.63) is 70.3 Å². The maximum absolute atomic E-state index is 13.2. The van der Waals surface area contributed by atoms with Crippen molar-refractivity contribution in [2.75, 3.05) is 26.9 Å². The first-order valence-electron chi connectivity index (χ1n) is 11.2. The molecular formula is C27H33NO5. The molecule has 1 aliphatic heterocycles. The molecule has 0 saturated carbocycles. The summed E-state index contributed by atoms with van der Waals surface area (Å²) in [5, 5.41) is 11.4. The first-order valence-corrected chi connectivity index (χ1v) is 11.2. The maximum Gasteiger partial charge on any atom is 0.295 e. The number of carbonyl (C=O) groups excluding carboxylic acids is 2. The van der Waals surface area contributed by atoms with Crippen molar-refractivity contribution in [2.45, 2.75) is 46.1 Å². The van der Waals surface area contributed by atoms with Gasteiger partial charge in [-0.2, -0.15) is 0 Å². The summed E-state index contributed by atoms with van der Waals surface area (Å²) in [5.41, 5.74) is 3.09. The van der Waals surface area contributed by atoms with E-state index in [0.29, 0.717) is 17.9 Å². The smallest absolute Gasteiger partial charge is 0.295 e. The maximum atomic E-state index is 13.2. The number of Topliss-reactive ketones (excluding diaryl/α,β-unsaturated/α-hetero) is 1. The van der Waals surface area contributed by atoms with Crippen LogP contribution < -0.4 is 4.74 Å². The van der Waals surface area contributed by atoms with Crippen LogP contribution in [0.3, 0.4) is 0 Å². The quantitative estimate of drug-likeness (QED) is 0.373. The highest BCUT2D eigenvalue weighted by Gasteiger charge is 2.46. The highest BCUT2D eigenvalue weighted by Crippen LogP contribution is 2.40. The highest BCUT2D eigenvalue weighted by molar-refractivity contribution is 6.46. The van der Waals surface area contributed by atoms with Crippen LogP contribution in [0.4, 0.5) is 0 Å². The van der Waals surface area contributed by atoms with Crippen LogP contribution >= 0.6 is 0 Å². The van der Waals surface area contributed by atoms with Crippen molar-refractivity contribution in [1.82, 2.24) is 4.90 Å². The fourth-order valence-corrected chi connectivity index (χ4v) is 4.05. The minimum Gasteiger partial charge on any atom is -0.507 e. The fourth-order valence-electron chi connectivity index (χ4n) is 4.05. The molecule has 1 N–H and O–H groups in total. The summed E-state index contributed by atoms with van der Waals surface area (Å²) in [6, 6.07) is 12.4. The molecular weight excluding hydrogens is 418 g/mol. The predicted octanol–water partition coefficient (Wildman–Crippen LogP) is 4.76. The van der Waals surface area contributed by atoms with Crippen LogP contribution in [0.5, 0.6) is 5.75 Å². The number of ether oxygens (including phenoxy) is 2. The molecule has 0 spiro atoms. The third-order valence-electron chi connectivity index (χ3n) is 5.94. The number of hydrogen-bond donors (Lipinski definition) is 1. The molecule has 0 aromatic heterocycles. The molecule has 6 heteroatoms. The lowest BCUT2D eigenvalue weighted by Crippen LogP contribution is -2.32. The standard InChI is InChI=1S/C27H33NO5/c1-7-33-20-12-9-18(10-13-20)23-22(25(30)26(31)28(23)14-15-32-6)24(29)21-16-19(27(3,4)5)11-8-17(21)2/h8-13,16,23,29H,7,14-15H2,1-6H3/b24-22+. The van der Waals surface area contributed by atoms with Gasteiger partial charge in [0.25, 0.3) is 11.7 Å². The van der Waals surface area contributed by atoms with Crippen LogP contribution in [-0.4, -0.2) is 48.6 Å². The van der Waals surface area contributed by atoms with Gasteiger partial charge in [0.2, 0.25) is 0 Å². The number of methoxy groups -OCH3 is 1. The molecule has 2 aromatic carbocycles. The number of benzene rings is 2. The Bertz CT molecular complexity index is 1060. The number of aliphatic hydroxyl groups excluding tert-OH is 1. The number of hydrogen-bond acceptors (Lipinski definition) is 5. The average molecular weight is 452 g/mol. The molecule has 1 unspecified atom stereocenters. The van der Waals surface area contributed by atoms with Gasteiger partial charge in [0.1, 0.15) is 11.5 Å². The van der Waals surface area contributed by atoms with Gasteiger partial charge in [0, 0.05) is 19.2 Å². The zero-order valence-corrected chi connectivity index (χ0v) is 20.3. The van der Waals surface area contributed by atoms with E-state index in [-0.39, 0.29) is 29.9 Å². The molecule has 1 atom stereocenters. The Morgan fingerprint density at radius 3 is 2.33 bits per heavy atom. The molecule has 3 rings (SSSR count). The molecule has 0 radical (unpaired) electrons. The fraction of sp³-hybridized carbons (Fsp3) is 0.407. The van der Waals surface area contributed by atoms with Gasteiger partial charge in [0.15, 0.2) is 0 Å². The number of aliphatic hydroxyl groups is 1. The lowest BCUT2D eigenvalue weighted by molar-refractivity contribution is -0.140. The van der Waals surface area contributed by atoms with E-state index in [1.165, 1.54) is 4.90 Å². The summed E-state index contributed by atoms with van der Waals surface area (Å²) < 4.78 is 10.7. The van der Waals surface area contributed by atoms with Gasteiger partial charge in [-0.05, 0) is 54.2 Å². The molecule has 176 valence electrons. The van der Waals surface area contributed by atoms with Crippen LogP contribution in [-0.2, 0) is 19.7 Å². The number of carbonyl (C=O) groups is 2. The van der Waals surface area contributed by atoms with Gasteiger partial charge in [-0.15, -0.1) is 0 Å². The summed E-state index contributed by atoms with van der Waals surface area (Å²) in [6.45, 7) is 11.1. The van der Waals surface area contributed by atoms with E-state index in [0.717, 1.165) is 16.7 Å². The highest BCUT2D eigenvalue weighted by atomic mass is 16.5. The van der Waals surface area contributed by atoms with E-state index in [9.17, 15) is 14.7 Å². The molecule has 6 nitrogen and oxygen atoms in total. The minimum atomic E-state index is -0.714. The molecule has 1 heterocycles. The second-order valence-electron chi connectivity index (χ2n) is 9.27. The molecule has 1 saturated heterocycles. The third kappa shape index (κ3) is 4.96. The van der Waals surface area contributed by atoms with Gasteiger partial charge in [0.05, 0.1) is 24.8 Å². The summed E-state index contributed by atoms with van der Waals surface area (Å²) in [4.78, 5) is 27.6. The number of likely N-dealkylation sites (tertiary alicyclic amines) is 1. The first kappa shape index (κ1) is 24.5.